The Morgan fingerprint density at radius 3 is 2.76 bits per heavy atom. The molecule has 29 heavy (non-hydrogen) atoms. The third-order valence-corrected chi connectivity index (χ3v) is 6.28. The molecule has 5 nitrogen and oxygen atoms in total. The number of nitrogens with zero attached hydrogens (tertiary/aromatic N) is 2. The number of amides is 1. The molecule has 0 spiro atoms. The van der Waals surface area contributed by atoms with E-state index in [1.807, 2.05) is 19.1 Å². The second-order valence-electron chi connectivity index (χ2n) is 5.79. The number of hydrogen-bond acceptors (Lipinski definition) is 6. The number of thioether (sulfide) groups is 1. The fourth-order valence-corrected chi connectivity index (χ4v) is 4.44. The Labute approximate surface area is 196 Å². The van der Waals surface area contributed by atoms with E-state index in [0.717, 1.165) is 11.1 Å². The number of halogens is 3. The third-order valence-electron chi connectivity index (χ3n) is 3.77. The lowest BCUT2D eigenvalue weighted by Gasteiger charge is -2.15. The molecule has 0 aromatic heterocycles. The van der Waals surface area contributed by atoms with Gasteiger partial charge in [-0.15, -0.1) is 0 Å². The monoisotopic (exact) mass is 532 g/mol. The minimum Gasteiger partial charge on any atom is -0.490 e. The highest BCUT2D eigenvalue weighted by Gasteiger charge is 2.26. The van der Waals surface area contributed by atoms with Crippen molar-refractivity contribution in [2.75, 3.05) is 12.4 Å². The Balaban J connectivity index is 1.82. The van der Waals surface area contributed by atoms with E-state index < -0.39 is 0 Å². The molecule has 2 aromatic rings. The number of carbonyl (C=O) groups is 1. The van der Waals surface area contributed by atoms with Crippen LogP contribution in [0, 0.1) is 0 Å². The summed E-state index contributed by atoms with van der Waals surface area (Å²) in [5.41, 5.74) is 1.53. The van der Waals surface area contributed by atoms with Crippen LogP contribution < -0.4 is 9.47 Å². The van der Waals surface area contributed by atoms with Crippen molar-refractivity contribution >= 4 is 79.6 Å². The predicted octanol–water partition coefficient (Wildman–Crippen LogP) is 5.93. The Bertz CT molecular complexity index is 972. The highest BCUT2D eigenvalue weighted by atomic mass is 79.9. The van der Waals surface area contributed by atoms with Crippen molar-refractivity contribution in [1.82, 2.24) is 5.01 Å². The summed E-state index contributed by atoms with van der Waals surface area (Å²) in [6, 6.07) is 8.84. The van der Waals surface area contributed by atoms with Crippen molar-refractivity contribution in [2.45, 2.75) is 13.5 Å². The Morgan fingerprint density at radius 2 is 2.10 bits per heavy atom. The number of hydrazone groups is 1. The van der Waals surface area contributed by atoms with E-state index in [-0.39, 0.29) is 12.5 Å². The molecule has 1 aliphatic heterocycles. The van der Waals surface area contributed by atoms with Crippen LogP contribution >= 0.6 is 63.1 Å². The molecule has 0 saturated carbocycles. The fraction of sp³-hybridized carbons (Fsp3) is 0.211. The van der Waals surface area contributed by atoms with Gasteiger partial charge in [0.05, 0.1) is 23.0 Å². The second-order valence-corrected chi connectivity index (χ2v) is 9.10. The number of ether oxygens (including phenoxy) is 2. The molecular weight excluding hydrogens is 519 g/mol. The van der Waals surface area contributed by atoms with Crippen molar-refractivity contribution in [3.63, 3.8) is 0 Å². The first-order chi connectivity index (χ1) is 13.9. The molecule has 1 aliphatic rings. The van der Waals surface area contributed by atoms with Gasteiger partial charge in [-0.25, -0.2) is 0 Å². The molecule has 2 aromatic carbocycles. The third kappa shape index (κ3) is 5.64. The van der Waals surface area contributed by atoms with Gasteiger partial charge in [-0.2, -0.15) is 10.1 Å². The van der Waals surface area contributed by atoms with Crippen LogP contribution in [0.25, 0.3) is 0 Å². The minimum atomic E-state index is -0.139. The topological polar surface area (TPSA) is 51.1 Å². The summed E-state index contributed by atoms with van der Waals surface area (Å²) in [6.45, 7) is 2.58. The SMILES string of the molecule is CCOc1cc(/C=N\N2C(=O)CSC2=S)cc(Br)c1OCc1ccc(Cl)cc1Cl. The van der Waals surface area contributed by atoms with Gasteiger partial charge in [-0.3, -0.25) is 4.79 Å². The molecule has 0 unspecified atom stereocenters. The molecule has 0 bridgehead atoms. The maximum atomic E-state index is 11.8. The van der Waals surface area contributed by atoms with Gasteiger partial charge >= 0.3 is 0 Å². The molecule has 1 saturated heterocycles. The number of carbonyl (C=O) groups excluding carboxylic acids is 1. The normalized spacial score (nSPS) is 14.1. The van der Waals surface area contributed by atoms with Crippen molar-refractivity contribution < 1.29 is 14.3 Å². The first-order valence-electron chi connectivity index (χ1n) is 8.45. The molecule has 1 amide bonds. The lowest BCUT2D eigenvalue weighted by molar-refractivity contribution is -0.123. The van der Waals surface area contributed by atoms with Crippen molar-refractivity contribution in [2.24, 2.45) is 5.10 Å². The molecule has 1 heterocycles. The first-order valence-corrected chi connectivity index (χ1v) is 11.4. The number of benzene rings is 2. The Morgan fingerprint density at radius 1 is 1.31 bits per heavy atom. The fourth-order valence-electron chi connectivity index (χ4n) is 2.44. The number of rotatable bonds is 7. The van der Waals surface area contributed by atoms with Crippen LogP contribution in [0.1, 0.15) is 18.1 Å². The lowest BCUT2D eigenvalue weighted by Crippen LogP contribution is -2.22. The van der Waals surface area contributed by atoms with Crippen LogP contribution in [0.3, 0.4) is 0 Å². The van der Waals surface area contributed by atoms with Crippen LogP contribution in [-0.4, -0.2) is 33.8 Å². The summed E-state index contributed by atoms with van der Waals surface area (Å²) < 4.78 is 12.8. The van der Waals surface area contributed by atoms with Gasteiger partial charge < -0.3 is 9.47 Å². The van der Waals surface area contributed by atoms with E-state index in [9.17, 15) is 4.79 Å². The van der Waals surface area contributed by atoms with Crippen LogP contribution in [0.15, 0.2) is 39.9 Å². The van der Waals surface area contributed by atoms with Crippen molar-refractivity contribution in [1.29, 1.82) is 0 Å². The summed E-state index contributed by atoms with van der Waals surface area (Å²) in [4.78, 5) is 11.8. The predicted molar refractivity (Wildman–Crippen MR) is 126 cm³/mol. The van der Waals surface area contributed by atoms with Crippen LogP contribution in [-0.2, 0) is 11.4 Å². The van der Waals surface area contributed by atoms with Crippen LogP contribution in [0.2, 0.25) is 10.0 Å². The van der Waals surface area contributed by atoms with Gasteiger partial charge in [0, 0.05) is 15.6 Å². The largest absolute Gasteiger partial charge is 0.490 e. The van der Waals surface area contributed by atoms with Gasteiger partial charge in [-0.1, -0.05) is 53.2 Å². The van der Waals surface area contributed by atoms with Gasteiger partial charge in [0.1, 0.15) is 6.61 Å². The van der Waals surface area contributed by atoms with Gasteiger partial charge in [-0.05, 0) is 52.7 Å². The molecule has 0 atom stereocenters. The zero-order valence-electron chi connectivity index (χ0n) is 15.2. The zero-order chi connectivity index (χ0) is 21.0. The average molecular weight is 534 g/mol. The summed E-state index contributed by atoms with van der Waals surface area (Å²) in [6.07, 6.45) is 1.56. The van der Waals surface area contributed by atoms with E-state index in [0.29, 0.717) is 42.7 Å². The highest BCUT2D eigenvalue weighted by molar-refractivity contribution is 9.10. The molecule has 1 fully saturated rings. The number of thiocarbonyl (C=S) groups is 1. The minimum absolute atomic E-state index is 0.139. The second kappa shape index (κ2) is 10.1. The molecule has 0 radical (unpaired) electrons. The molecule has 152 valence electrons. The van der Waals surface area contributed by atoms with E-state index in [4.69, 9.17) is 44.9 Å². The zero-order valence-corrected chi connectivity index (χ0v) is 19.9. The Kier molecular flexibility index (Phi) is 7.81. The summed E-state index contributed by atoms with van der Waals surface area (Å²) in [7, 11) is 0. The van der Waals surface area contributed by atoms with Crippen LogP contribution in [0.4, 0.5) is 0 Å². The van der Waals surface area contributed by atoms with Gasteiger partial charge in [0.15, 0.2) is 15.8 Å². The summed E-state index contributed by atoms with van der Waals surface area (Å²) in [5, 5.41) is 6.50. The van der Waals surface area contributed by atoms with Crippen molar-refractivity contribution in [3.05, 3.63) is 56.0 Å². The van der Waals surface area contributed by atoms with Gasteiger partial charge in [0.25, 0.3) is 5.91 Å². The van der Waals surface area contributed by atoms with E-state index in [1.54, 1.807) is 24.4 Å². The van der Waals surface area contributed by atoms with E-state index in [1.165, 1.54) is 16.8 Å². The quantitative estimate of drug-likeness (QED) is 0.326. The summed E-state index contributed by atoms with van der Waals surface area (Å²) in [5.74, 6) is 1.25. The molecule has 10 heteroatoms. The van der Waals surface area contributed by atoms with E-state index in [2.05, 4.69) is 21.0 Å². The summed E-state index contributed by atoms with van der Waals surface area (Å²) >= 11 is 22.1. The molecule has 3 rings (SSSR count). The maximum absolute atomic E-state index is 11.8. The average Bonchev–Trinajstić information content (AvgIpc) is 2.99. The Hall–Kier alpha value is -1.32. The highest BCUT2D eigenvalue weighted by Crippen LogP contribution is 2.37. The van der Waals surface area contributed by atoms with E-state index >= 15 is 0 Å². The van der Waals surface area contributed by atoms with Crippen LogP contribution in [0.5, 0.6) is 11.5 Å². The standard InChI is InChI=1S/C19H15BrCl2N2O3S2/c1-2-26-16-6-11(8-23-24-17(25)10-29-19(24)28)5-14(20)18(16)27-9-12-3-4-13(21)7-15(12)22/h3-8H,2,9-10H2,1H3/b23-8-. The molecule has 0 aliphatic carbocycles. The smallest absolute Gasteiger partial charge is 0.259 e. The van der Waals surface area contributed by atoms with Gasteiger partial charge in [0.2, 0.25) is 0 Å². The first kappa shape index (κ1) is 22.4. The number of hydrogen-bond donors (Lipinski definition) is 0. The lowest BCUT2D eigenvalue weighted by atomic mass is 10.2. The maximum Gasteiger partial charge on any atom is 0.259 e. The molecule has 0 N–H and O–H groups in total. The molecular formula is C19H15BrCl2N2O3S2. The van der Waals surface area contributed by atoms with Crippen molar-refractivity contribution in [3.8, 4) is 11.5 Å².